The minimum absolute atomic E-state index is 0.00563. The number of amides is 3. The van der Waals surface area contributed by atoms with Crippen molar-refractivity contribution in [1.82, 2.24) is 20.2 Å². The van der Waals surface area contributed by atoms with Crippen LogP contribution in [0.15, 0.2) is 34.2 Å². The highest BCUT2D eigenvalue weighted by atomic mass is 32.2. The Labute approximate surface area is 179 Å². The van der Waals surface area contributed by atoms with Crippen LogP contribution in [0.5, 0.6) is 0 Å². The molecule has 0 saturated heterocycles. The van der Waals surface area contributed by atoms with E-state index in [2.05, 4.69) is 15.6 Å². The molecule has 0 atom stereocenters. The molecule has 2 N–H and O–H groups in total. The Morgan fingerprint density at radius 2 is 2.03 bits per heavy atom. The number of rotatable bonds is 9. The fraction of sp³-hybridized carbons (Fsp3) is 0.524. The van der Waals surface area contributed by atoms with Crippen molar-refractivity contribution in [2.75, 3.05) is 19.0 Å². The molecule has 1 aliphatic carbocycles. The molecule has 1 fully saturated rings. The zero-order chi connectivity index (χ0) is 21.3. The maximum atomic E-state index is 12.9. The molecule has 1 aromatic carbocycles. The molecule has 1 aromatic heterocycles. The van der Waals surface area contributed by atoms with Crippen molar-refractivity contribution in [3.05, 3.63) is 34.6 Å². The lowest BCUT2D eigenvalue weighted by atomic mass is 10.2. The highest BCUT2D eigenvalue weighted by Gasteiger charge is 2.19. The van der Waals surface area contributed by atoms with Crippen molar-refractivity contribution in [2.24, 2.45) is 0 Å². The lowest BCUT2D eigenvalue weighted by molar-refractivity contribution is -0.117. The molecule has 0 aliphatic heterocycles. The van der Waals surface area contributed by atoms with Crippen molar-refractivity contribution in [3.8, 4) is 0 Å². The summed E-state index contributed by atoms with van der Waals surface area (Å²) in [7, 11) is 0. The van der Waals surface area contributed by atoms with Crippen molar-refractivity contribution in [3.63, 3.8) is 0 Å². The van der Waals surface area contributed by atoms with Crippen LogP contribution in [0.3, 0.4) is 0 Å². The van der Waals surface area contributed by atoms with Gasteiger partial charge in [0.05, 0.1) is 16.7 Å². The van der Waals surface area contributed by atoms with Gasteiger partial charge in [-0.3, -0.25) is 19.5 Å². The second kappa shape index (κ2) is 11.1. The molecule has 2 aromatic rings. The van der Waals surface area contributed by atoms with E-state index in [4.69, 9.17) is 4.74 Å². The van der Waals surface area contributed by atoms with E-state index in [-0.39, 0.29) is 17.4 Å². The zero-order valence-electron chi connectivity index (χ0n) is 17.2. The number of nitrogens with one attached hydrogen (secondary N) is 2. The number of thioether (sulfide) groups is 1. The number of fused-ring (bicyclic) bond motifs is 1. The first-order valence-electron chi connectivity index (χ1n) is 10.4. The summed E-state index contributed by atoms with van der Waals surface area (Å²) in [4.78, 5) is 41.7. The summed E-state index contributed by atoms with van der Waals surface area (Å²) in [6.07, 6.45) is 4.76. The van der Waals surface area contributed by atoms with Crippen molar-refractivity contribution in [1.29, 1.82) is 0 Å². The Kier molecular flexibility index (Phi) is 8.27. The molecule has 3 rings (SSSR count). The predicted octanol–water partition coefficient (Wildman–Crippen LogP) is 2.68. The molecule has 0 bridgehead atoms. The number of hydrogen-bond acceptors (Lipinski definition) is 6. The van der Waals surface area contributed by atoms with Crippen LogP contribution in [-0.2, 0) is 16.1 Å². The number of urea groups is 1. The first-order valence-corrected chi connectivity index (χ1v) is 11.4. The highest BCUT2D eigenvalue weighted by Crippen LogP contribution is 2.19. The molecule has 0 unspecified atom stereocenters. The topological polar surface area (TPSA) is 102 Å². The van der Waals surface area contributed by atoms with E-state index in [0.717, 1.165) is 37.4 Å². The van der Waals surface area contributed by atoms with Gasteiger partial charge in [0, 0.05) is 25.8 Å². The number of hydrogen-bond donors (Lipinski definition) is 2. The number of benzene rings is 1. The largest absolute Gasteiger partial charge is 0.382 e. The third-order valence-corrected chi connectivity index (χ3v) is 5.95. The Morgan fingerprint density at radius 1 is 1.27 bits per heavy atom. The van der Waals surface area contributed by atoms with Crippen LogP contribution in [0.2, 0.25) is 0 Å². The second-order valence-electron chi connectivity index (χ2n) is 7.21. The first-order chi connectivity index (χ1) is 14.6. The molecular formula is C21H28N4O4S. The Balaban J connectivity index is 1.66. The van der Waals surface area contributed by atoms with Gasteiger partial charge in [-0.25, -0.2) is 9.78 Å². The van der Waals surface area contributed by atoms with Crippen LogP contribution < -0.4 is 16.2 Å². The lowest BCUT2D eigenvalue weighted by Crippen LogP contribution is -2.44. The average molecular weight is 433 g/mol. The van der Waals surface area contributed by atoms with Gasteiger partial charge in [-0.15, -0.1) is 0 Å². The Bertz CT molecular complexity index is 940. The van der Waals surface area contributed by atoms with E-state index >= 15 is 0 Å². The third kappa shape index (κ3) is 6.06. The van der Waals surface area contributed by atoms with E-state index in [1.807, 2.05) is 13.0 Å². The van der Waals surface area contributed by atoms with Crippen LogP contribution in [0.25, 0.3) is 10.9 Å². The van der Waals surface area contributed by atoms with E-state index in [1.165, 1.54) is 0 Å². The van der Waals surface area contributed by atoms with E-state index in [9.17, 15) is 14.4 Å². The maximum absolute atomic E-state index is 12.9. The fourth-order valence-corrected chi connectivity index (χ4v) is 4.33. The van der Waals surface area contributed by atoms with Crippen LogP contribution in [-0.4, -0.2) is 46.5 Å². The van der Waals surface area contributed by atoms with Gasteiger partial charge in [0.1, 0.15) is 0 Å². The van der Waals surface area contributed by atoms with Crippen molar-refractivity contribution in [2.45, 2.75) is 56.8 Å². The summed E-state index contributed by atoms with van der Waals surface area (Å²) in [5, 5.41) is 6.19. The fourth-order valence-electron chi connectivity index (χ4n) is 3.51. The second-order valence-corrected chi connectivity index (χ2v) is 8.15. The van der Waals surface area contributed by atoms with E-state index in [0.29, 0.717) is 42.2 Å². The van der Waals surface area contributed by atoms with Crippen molar-refractivity contribution < 1.29 is 14.3 Å². The van der Waals surface area contributed by atoms with Crippen molar-refractivity contribution >= 4 is 34.6 Å². The monoisotopic (exact) mass is 432 g/mol. The zero-order valence-corrected chi connectivity index (χ0v) is 18.0. The minimum Gasteiger partial charge on any atom is -0.382 e. The standard InChI is InChI=1S/C21H28N4O4S/c1-2-29-13-7-12-25-19(27)16-10-5-6-11-17(16)23-21(25)30-14-18(26)24-20(28)22-15-8-3-4-9-15/h5-6,10-11,15H,2-4,7-9,12-14H2,1H3,(H2,22,24,26,28). The number of carbonyl (C=O) groups is 2. The van der Waals surface area contributed by atoms with Crippen LogP contribution in [0, 0.1) is 0 Å². The lowest BCUT2D eigenvalue weighted by Gasteiger charge is -2.14. The molecule has 0 spiro atoms. The number of aromatic nitrogens is 2. The normalized spacial score (nSPS) is 14.2. The highest BCUT2D eigenvalue weighted by molar-refractivity contribution is 7.99. The smallest absolute Gasteiger partial charge is 0.321 e. The summed E-state index contributed by atoms with van der Waals surface area (Å²) in [6.45, 7) is 3.53. The molecule has 1 saturated carbocycles. The summed E-state index contributed by atoms with van der Waals surface area (Å²) in [5.41, 5.74) is 0.449. The van der Waals surface area contributed by atoms with Gasteiger partial charge in [0.25, 0.3) is 5.56 Å². The van der Waals surface area contributed by atoms with Gasteiger partial charge in [0.15, 0.2) is 5.16 Å². The van der Waals surface area contributed by atoms with E-state index < -0.39 is 11.9 Å². The third-order valence-electron chi connectivity index (χ3n) is 4.98. The van der Waals surface area contributed by atoms with Gasteiger partial charge < -0.3 is 10.1 Å². The average Bonchev–Trinajstić information content (AvgIpc) is 3.24. The Morgan fingerprint density at radius 3 is 2.80 bits per heavy atom. The predicted molar refractivity (Wildman–Crippen MR) is 117 cm³/mol. The van der Waals surface area contributed by atoms with Crippen LogP contribution >= 0.6 is 11.8 Å². The molecule has 9 heteroatoms. The number of imide groups is 1. The quantitative estimate of drug-likeness (QED) is 0.359. The Hall–Kier alpha value is -2.39. The number of ether oxygens (including phenoxy) is 1. The van der Waals surface area contributed by atoms with Crippen LogP contribution in [0.4, 0.5) is 4.79 Å². The number of para-hydroxylation sites is 1. The van der Waals surface area contributed by atoms with Gasteiger partial charge in [-0.2, -0.15) is 0 Å². The molecule has 1 aliphatic rings. The summed E-state index contributed by atoms with van der Waals surface area (Å²) in [5.74, 6) is -0.423. The molecular weight excluding hydrogens is 404 g/mol. The number of carbonyl (C=O) groups excluding carboxylic acids is 2. The summed E-state index contributed by atoms with van der Waals surface area (Å²) < 4.78 is 6.95. The number of nitrogens with zero attached hydrogens (tertiary/aromatic N) is 2. The first kappa shape index (κ1) is 22.3. The molecule has 8 nitrogen and oxygen atoms in total. The van der Waals surface area contributed by atoms with Crippen LogP contribution in [0.1, 0.15) is 39.0 Å². The molecule has 162 valence electrons. The minimum atomic E-state index is -0.465. The molecule has 3 amide bonds. The van der Waals surface area contributed by atoms with Gasteiger partial charge in [-0.1, -0.05) is 36.7 Å². The SMILES string of the molecule is CCOCCCn1c(SCC(=O)NC(=O)NC2CCCC2)nc2ccccc2c1=O. The van der Waals surface area contributed by atoms with Gasteiger partial charge in [0.2, 0.25) is 5.91 Å². The summed E-state index contributed by atoms with van der Waals surface area (Å²) >= 11 is 1.15. The maximum Gasteiger partial charge on any atom is 0.321 e. The van der Waals surface area contributed by atoms with Gasteiger partial charge >= 0.3 is 6.03 Å². The van der Waals surface area contributed by atoms with Gasteiger partial charge in [-0.05, 0) is 38.3 Å². The molecule has 30 heavy (non-hydrogen) atoms. The summed E-state index contributed by atoms with van der Waals surface area (Å²) in [6, 6.07) is 6.83. The van der Waals surface area contributed by atoms with E-state index in [1.54, 1.807) is 22.8 Å². The molecule has 1 heterocycles. The molecule has 0 radical (unpaired) electrons.